The van der Waals surface area contributed by atoms with E-state index in [0.29, 0.717) is 6.04 Å². The van der Waals surface area contributed by atoms with Crippen LogP contribution in [-0.2, 0) is 20.0 Å². The monoisotopic (exact) mass is 410 g/mol. The van der Waals surface area contributed by atoms with Crippen LogP contribution in [0.2, 0.25) is 0 Å². The predicted octanol–water partition coefficient (Wildman–Crippen LogP) is 5.21. The minimum Gasteiger partial charge on any atom is -0.384 e. The quantitative estimate of drug-likeness (QED) is 0.338. The molecule has 1 aliphatic heterocycles. The number of nitrogens with zero attached hydrogens (tertiary/aromatic N) is 2. The van der Waals surface area contributed by atoms with E-state index in [1.807, 2.05) is 12.1 Å². The van der Waals surface area contributed by atoms with Crippen molar-refractivity contribution in [1.29, 1.82) is 5.41 Å². The largest absolute Gasteiger partial charge is 0.384 e. The Hall–Kier alpha value is -3.11. The van der Waals surface area contributed by atoms with Gasteiger partial charge in [-0.05, 0) is 66.1 Å². The first-order valence-electron chi connectivity index (χ1n) is 11.2. The van der Waals surface area contributed by atoms with E-state index in [0.717, 1.165) is 24.0 Å². The van der Waals surface area contributed by atoms with E-state index in [4.69, 9.17) is 11.1 Å². The van der Waals surface area contributed by atoms with Crippen LogP contribution in [0.15, 0.2) is 66.7 Å². The SMILES string of the molecule is Cn1c(CC[C@@H]2CCCN2Cc2cccc3ccccc23)cc2ccc(C(=N)N)cc21. The third-order valence-electron chi connectivity index (χ3n) is 6.94. The lowest BCUT2D eigenvalue weighted by molar-refractivity contribution is 0.235. The molecule has 3 N–H and O–H groups in total. The molecule has 0 amide bonds. The number of fused-ring (bicyclic) bond motifs is 2. The maximum Gasteiger partial charge on any atom is 0.122 e. The van der Waals surface area contributed by atoms with Crippen LogP contribution in [0.1, 0.15) is 36.1 Å². The summed E-state index contributed by atoms with van der Waals surface area (Å²) in [7, 11) is 2.13. The van der Waals surface area contributed by atoms with Crippen LogP contribution in [0.5, 0.6) is 0 Å². The summed E-state index contributed by atoms with van der Waals surface area (Å²) < 4.78 is 2.27. The van der Waals surface area contributed by atoms with Crippen molar-refractivity contribution in [3.63, 3.8) is 0 Å². The van der Waals surface area contributed by atoms with Crippen molar-refractivity contribution in [3.8, 4) is 0 Å². The molecule has 0 spiro atoms. The molecule has 5 rings (SSSR count). The molecule has 2 heterocycles. The van der Waals surface area contributed by atoms with Crippen molar-refractivity contribution in [3.05, 3.63) is 83.6 Å². The Morgan fingerprint density at radius 2 is 1.87 bits per heavy atom. The standard InChI is InChI=1S/C27H30N4/c1-30-24(16-20-11-12-21(27(28)29)17-26(20)30)14-13-23-9-5-15-31(23)18-22-8-4-7-19-6-2-3-10-25(19)22/h2-4,6-8,10-12,16-17,23H,5,9,13-15,18H2,1H3,(H3,28,29)/t23-/m0/s1. The predicted molar refractivity (Wildman–Crippen MR) is 130 cm³/mol. The van der Waals surface area contributed by atoms with Crippen LogP contribution in [0.3, 0.4) is 0 Å². The van der Waals surface area contributed by atoms with Gasteiger partial charge >= 0.3 is 0 Å². The highest BCUT2D eigenvalue weighted by Gasteiger charge is 2.25. The third kappa shape index (κ3) is 3.84. The second-order valence-corrected chi connectivity index (χ2v) is 8.83. The van der Waals surface area contributed by atoms with E-state index in [1.54, 1.807) is 0 Å². The average Bonchev–Trinajstić information content (AvgIpc) is 3.36. The molecule has 31 heavy (non-hydrogen) atoms. The summed E-state index contributed by atoms with van der Waals surface area (Å²) in [6.45, 7) is 2.22. The smallest absolute Gasteiger partial charge is 0.122 e. The molecule has 1 aliphatic rings. The number of rotatable bonds is 6. The number of aromatic nitrogens is 1. The number of hydrogen-bond donors (Lipinski definition) is 2. The Bertz CT molecular complexity index is 1250. The molecule has 158 valence electrons. The van der Waals surface area contributed by atoms with Crippen LogP contribution >= 0.6 is 0 Å². The molecule has 0 aliphatic carbocycles. The molecule has 0 unspecified atom stereocenters. The Balaban J connectivity index is 1.32. The first-order valence-corrected chi connectivity index (χ1v) is 11.2. The summed E-state index contributed by atoms with van der Waals surface area (Å²) in [5, 5.41) is 11.6. The average molecular weight is 411 g/mol. The minimum absolute atomic E-state index is 0.125. The van der Waals surface area contributed by atoms with Gasteiger partial charge in [-0.3, -0.25) is 10.3 Å². The molecule has 1 atom stereocenters. The molecule has 0 radical (unpaired) electrons. The van der Waals surface area contributed by atoms with Gasteiger partial charge in [-0.2, -0.15) is 0 Å². The molecule has 1 saturated heterocycles. The second-order valence-electron chi connectivity index (χ2n) is 8.83. The van der Waals surface area contributed by atoms with Crippen molar-refractivity contribution < 1.29 is 0 Å². The highest BCUT2D eigenvalue weighted by Crippen LogP contribution is 2.28. The van der Waals surface area contributed by atoms with Crippen molar-refractivity contribution >= 4 is 27.5 Å². The summed E-state index contributed by atoms with van der Waals surface area (Å²) in [5.74, 6) is 0.125. The van der Waals surface area contributed by atoms with Gasteiger partial charge in [-0.25, -0.2) is 0 Å². The van der Waals surface area contributed by atoms with E-state index < -0.39 is 0 Å². The van der Waals surface area contributed by atoms with Crippen molar-refractivity contribution in [2.45, 2.75) is 38.3 Å². The Morgan fingerprint density at radius 1 is 1.03 bits per heavy atom. The summed E-state index contributed by atoms with van der Waals surface area (Å²) >= 11 is 0. The lowest BCUT2D eigenvalue weighted by Crippen LogP contribution is -2.29. The molecular weight excluding hydrogens is 380 g/mol. The highest BCUT2D eigenvalue weighted by atomic mass is 15.2. The molecule has 1 fully saturated rings. The van der Waals surface area contributed by atoms with Crippen LogP contribution in [0.4, 0.5) is 0 Å². The van der Waals surface area contributed by atoms with Crippen molar-refractivity contribution in [2.75, 3.05) is 6.54 Å². The Labute approximate surface area is 183 Å². The molecule has 4 heteroatoms. The number of nitrogens with two attached hydrogens (primary N) is 1. The topological polar surface area (TPSA) is 58.0 Å². The molecular formula is C27H30N4. The first kappa shape index (κ1) is 19.8. The van der Waals surface area contributed by atoms with Gasteiger partial charge in [0.15, 0.2) is 0 Å². The number of hydrogen-bond acceptors (Lipinski definition) is 2. The third-order valence-corrected chi connectivity index (χ3v) is 6.94. The number of aryl methyl sites for hydroxylation is 2. The number of nitrogens with one attached hydrogen (secondary N) is 1. The van der Waals surface area contributed by atoms with Gasteiger partial charge in [-0.15, -0.1) is 0 Å². The van der Waals surface area contributed by atoms with Gasteiger partial charge in [0.1, 0.15) is 5.84 Å². The number of benzene rings is 3. The van der Waals surface area contributed by atoms with Crippen molar-refractivity contribution in [1.82, 2.24) is 9.47 Å². The normalized spacial score (nSPS) is 17.0. The van der Waals surface area contributed by atoms with Gasteiger partial charge in [-0.1, -0.05) is 54.6 Å². The molecule has 1 aromatic heterocycles. The van der Waals surface area contributed by atoms with Gasteiger partial charge in [0, 0.05) is 36.4 Å². The Kier molecular flexibility index (Phi) is 5.24. The molecule has 4 nitrogen and oxygen atoms in total. The van der Waals surface area contributed by atoms with Gasteiger partial charge < -0.3 is 10.3 Å². The second kappa shape index (κ2) is 8.20. The fourth-order valence-electron chi connectivity index (χ4n) is 5.19. The zero-order valence-corrected chi connectivity index (χ0v) is 18.1. The van der Waals surface area contributed by atoms with Gasteiger partial charge in [0.2, 0.25) is 0 Å². The fourth-order valence-corrected chi connectivity index (χ4v) is 5.19. The fraction of sp³-hybridized carbons (Fsp3) is 0.296. The lowest BCUT2D eigenvalue weighted by atomic mass is 10.0. The van der Waals surface area contributed by atoms with Gasteiger partial charge in [0.05, 0.1) is 0 Å². The van der Waals surface area contributed by atoms with E-state index in [2.05, 4.69) is 71.1 Å². The highest BCUT2D eigenvalue weighted by molar-refractivity contribution is 5.98. The zero-order valence-electron chi connectivity index (χ0n) is 18.1. The molecule has 3 aromatic carbocycles. The summed E-state index contributed by atoms with van der Waals surface area (Å²) in [6.07, 6.45) is 4.81. The maximum absolute atomic E-state index is 7.71. The minimum atomic E-state index is 0.125. The number of nitrogen functional groups attached to an aromatic ring is 1. The zero-order chi connectivity index (χ0) is 21.4. The van der Waals surface area contributed by atoms with Gasteiger partial charge in [0.25, 0.3) is 0 Å². The number of likely N-dealkylation sites (tertiary alicyclic amines) is 1. The summed E-state index contributed by atoms with van der Waals surface area (Å²) in [5.41, 5.74) is 10.4. The summed E-state index contributed by atoms with van der Waals surface area (Å²) in [4.78, 5) is 2.68. The Morgan fingerprint density at radius 3 is 2.74 bits per heavy atom. The van der Waals surface area contributed by atoms with Crippen LogP contribution in [0, 0.1) is 5.41 Å². The van der Waals surface area contributed by atoms with E-state index in [-0.39, 0.29) is 5.84 Å². The maximum atomic E-state index is 7.71. The van der Waals surface area contributed by atoms with Crippen LogP contribution in [0.25, 0.3) is 21.7 Å². The molecule has 4 aromatic rings. The first-order chi connectivity index (χ1) is 15.1. The summed E-state index contributed by atoms with van der Waals surface area (Å²) in [6, 6.07) is 24.4. The molecule has 0 saturated carbocycles. The van der Waals surface area contributed by atoms with E-state index in [1.165, 1.54) is 53.2 Å². The van der Waals surface area contributed by atoms with Crippen LogP contribution in [-0.4, -0.2) is 27.9 Å². The van der Waals surface area contributed by atoms with E-state index in [9.17, 15) is 0 Å². The molecule has 0 bridgehead atoms. The van der Waals surface area contributed by atoms with Crippen molar-refractivity contribution in [2.24, 2.45) is 12.8 Å². The van der Waals surface area contributed by atoms with E-state index >= 15 is 0 Å². The lowest BCUT2D eigenvalue weighted by Gasteiger charge is -2.25. The van der Waals surface area contributed by atoms with Crippen LogP contribution < -0.4 is 5.73 Å². The number of amidine groups is 1.